The largest absolute Gasteiger partial charge is 0.489 e. The van der Waals surface area contributed by atoms with E-state index in [9.17, 15) is 9.59 Å². The zero-order chi connectivity index (χ0) is 44.4. The molecule has 2 aromatic carbocycles. The summed E-state index contributed by atoms with van der Waals surface area (Å²) in [7, 11) is 1.68. The molecule has 4 heterocycles. The molecule has 0 radical (unpaired) electrons. The standard InChI is InChI=1S/C47H53ClF2N6O8/c1-6-29-39(53-43(63-29)55-18-45(4,19-55)59-5)41(57)51-25-9-11-31(27(48)16-25)62-33-17-47(35-34(33)36(35)47)22-60-46(8-3)20-56(21-46)44-54-40(30(7-2)64-44)42(58)52-28-10-12-32(38(50)37(28)49)61-26-14-23-13-24(23)15-26/h9-12,16,23-24,26,33-36H,6-8,13-15,17-22H2,1-5H3,(H,51,57)(H,52,58). The lowest BCUT2D eigenvalue weighted by atomic mass is 9.90. The van der Waals surface area contributed by atoms with Crippen LogP contribution in [0.3, 0.4) is 0 Å². The molecule has 8 aliphatic rings. The number of nitrogens with one attached hydrogen (secondary N) is 2. The number of carbonyl (C=O) groups excluding carboxylic acids is 2. The van der Waals surface area contributed by atoms with Crippen LogP contribution in [0.25, 0.3) is 0 Å². The Morgan fingerprint density at radius 2 is 1.47 bits per heavy atom. The Kier molecular flexibility index (Phi) is 9.82. The molecular formula is C47H53ClF2N6O8. The first-order valence-electron chi connectivity index (χ1n) is 22.7. The number of halogens is 3. The number of carbonyl (C=O) groups is 2. The molecule has 2 aromatic heterocycles. The number of ether oxygens (including phenoxy) is 4. The van der Waals surface area contributed by atoms with Crippen LogP contribution in [0.15, 0.2) is 39.2 Å². The Morgan fingerprint density at radius 1 is 0.844 bits per heavy atom. The van der Waals surface area contributed by atoms with Gasteiger partial charge in [0.05, 0.1) is 49.6 Å². The Labute approximate surface area is 374 Å². The molecule has 17 heteroatoms. The number of methoxy groups -OCH3 is 1. The van der Waals surface area contributed by atoms with E-state index in [1.54, 1.807) is 25.3 Å². The average molecular weight is 903 g/mol. The summed E-state index contributed by atoms with van der Waals surface area (Å²) in [6.45, 7) is 10.8. The number of hydrogen-bond acceptors (Lipinski definition) is 12. The molecule has 2 aliphatic heterocycles. The topological polar surface area (TPSA) is 154 Å². The number of anilines is 4. The third-order valence-corrected chi connectivity index (χ3v) is 15.6. The Hall–Kier alpha value is -4.93. The summed E-state index contributed by atoms with van der Waals surface area (Å²) in [5, 5.41) is 5.81. The molecule has 2 saturated heterocycles. The Bertz CT molecular complexity index is 2520. The van der Waals surface area contributed by atoms with Gasteiger partial charge < -0.3 is 48.2 Å². The van der Waals surface area contributed by atoms with Gasteiger partial charge in [-0.3, -0.25) is 9.59 Å². The summed E-state index contributed by atoms with van der Waals surface area (Å²) in [4.78, 5) is 39.6. The quantitative estimate of drug-likeness (QED) is 0.105. The molecule has 12 rings (SSSR count). The first-order chi connectivity index (χ1) is 30.8. The van der Waals surface area contributed by atoms with E-state index < -0.39 is 23.1 Å². The second-order valence-corrected chi connectivity index (χ2v) is 19.8. The lowest BCUT2D eigenvalue weighted by Crippen LogP contribution is -2.63. The molecule has 2 amide bonds. The zero-order valence-electron chi connectivity index (χ0n) is 36.6. The van der Waals surface area contributed by atoms with Crippen LogP contribution >= 0.6 is 11.6 Å². The number of nitrogens with zero attached hydrogens (tertiary/aromatic N) is 4. The van der Waals surface area contributed by atoms with E-state index >= 15 is 8.78 Å². The van der Waals surface area contributed by atoms with E-state index in [0.29, 0.717) is 115 Å². The summed E-state index contributed by atoms with van der Waals surface area (Å²) in [6, 6.07) is 8.66. The van der Waals surface area contributed by atoms with Crippen molar-refractivity contribution in [3.8, 4) is 11.5 Å². The normalized spacial score (nSPS) is 29.3. The highest BCUT2D eigenvalue weighted by molar-refractivity contribution is 6.32. The maximum atomic E-state index is 15.1. The molecular weight excluding hydrogens is 850 g/mol. The van der Waals surface area contributed by atoms with Crippen molar-refractivity contribution in [3.05, 3.63) is 69.9 Å². The number of amides is 2. The fourth-order valence-corrected chi connectivity index (χ4v) is 11.5. The zero-order valence-corrected chi connectivity index (χ0v) is 37.4. The minimum absolute atomic E-state index is 0.0251. The minimum atomic E-state index is -1.18. The monoisotopic (exact) mass is 902 g/mol. The van der Waals surface area contributed by atoms with Crippen LogP contribution in [0.4, 0.5) is 32.2 Å². The van der Waals surface area contributed by atoms with Crippen molar-refractivity contribution < 1.29 is 46.2 Å². The first-order valence-corrected chi connectivity index (χ1v) is 23.1. The van der Waals surface area contributed by atoms with Crippen LogP contribution < -0.4 is 29.9 Å². The van der Waals surface area contributed by atoms with Crippen molar-refractivity contribution in [1.82, 2.24) is 9.97 Å². The Balaban J connectivity index is 0.669. The maximum Gasteiger partial charge on any atom is 0.298 e. The highest BCUT2D eigenvalue weighted by Gasteiger charge is 2.90. The fraction of sp³-hybridized carbons (Fsp3) is 0.574. The van der Waals surface area contributed by atoms with Gasteiger partial charge in [-0.1, -0.05) is 32.4 Å². The van der Waals surface area contributed by atoms with Crippen molar-refractivity contribution in [2.75, 3.05) is 60.3 Å². The molecule has 5 unspecified atom stereocenters. The number of aromatic nitrogens is 2. The van der Waals surface area contributed by atoms with Crippen LogP contribution in [0.2, 0.25) is 5.02 Å². The fourth-order valence-electron chi connectivity index (χ4n) is 11.3. The van der Waals surface area contributed by atoms with Crippen molar-refractivity contribution in [3.63, 3.8) is 0 Å². The summed E-state index contributed by atoms with van der Waals surface area (Å²) in [5.41, 5.74) is -0.0663. The van der Waals surface area contributed by atoms with E-state index in [1.165, 1.54) is 18.6 Å². The van der Waals surface area contributed by atoms with Crippen LogP contribution in [0.1, 0.15) is 92.3 Å². The number of rotatable bonds is 17. The number of aryl methyl sites for hydroxylation is 2. The van der Waals surface area contributed by atoms with Crippen LogP contribution in [0.5, 0.6) is 11.5 Å². The molecule has 4 aromatic rings. The SMILES string of the molecule is CCc1oc(N2CC(C)(OC)C2)nc1C(=O)Nc1ccc(OC2CC3(COC4(CC)CN(c5nc(C(=O)Nc6ccc(OC7CC8CC8C7)c(F)c6F)c(CC)o5)C4)C4C2C43)c(Cl)c1. The van der Waals surface area contributed by atoms with Gasteiger partial charge in [0, 0.05) is 37.0 Å². The molecule has 8 fully saturated rings. The summed E-state index contributed by atoms with van der Waals surface area (Å²) < 4.78 is 66.7. The van der Waals surface area contributed by atoms with Crippen molar-refractivity contribution in [1.29, 1.82) is 0 Å². The van der Waals surface area contributed by atoms with Crippen molar-refractivity contribution in [2.24, 2.45) is 35.0 Å². The van der Waals surface area contributed by atoms with Gasteiger partial charge in [0.2, 0.25) is 5.82 Å². The molecule has 2 N–H and O–H groups in total. The lowest BCUT2D eigenvalue weighted by Gasteiger charge is -2.49. The molecule has 0 spiro atoms. The van der Waals surface area contributed by atoms with E-state index in [-0.39, 0.29) is 52.0 Å². The third kappa shape index (κ3) is 6.92. The van der Waals surface area contributed by atoms with E-state index in [2.05, 4.69) is 27.5 Å². The first kappa shape index (κ1) is 41.8. The van der Waals surface area contributed by atoms with Crippen molar-refractivity contribution >= 4 is 46.8 Å². The molecule has 2 bridgehead atoms. The summed E-state index contributed by atoms with van der Waals surface area (Å²) >= 11 is 6.73. The smallest absolute Gasteiger partial charge is 0.298 e. The van der Waals surface area contributed by atoms with Gasteiger partial charge in [-0.25, -0.2) is 4.39 Å². The molecule has 5 atom stereocenters. The number of oxazole rings is 2. The molecule has 64 heavy (non-hydrogen) atoms. The predicted octanol–water partition coefficient (Wildman–Crippen LogP) is 8.32. The van der Waals surface area contributed by atoms with Crippen molar-refractivity contribution in [2.45, 2.75) is 96.1 Å². The number of fused-ring (bicyclic) bond motifs is 2. The Morgan fingerprint density at radius 3 is 2.08 bits per heavy atom. The predicted molar refractivity (Wildman–Crippen MR) is 231 cm³/mol. The van der Waals surface area contributed by atoms with Crippen LogP contribution in [0, 0.1) is 46.6 Å². The van der Waals surface area contributed by atoms with Gasteiger partial charge in [0.1, 0.15) is 34.6 Å². The summed E-state index contributed by atoms with van der Waals surface area (Å²) in [5.74, 6) is 0.841. The molecule has 340 valence electrons. The van der Waals surface area contributed by atoms with Gasteiger partial charge in [-0.05, 0) is 93.0 Å². The van der Waals surface area contributed by atoms with Gasteiger partial charge in [-0.2, -0.15) is 14.4 Å². The highest BCUT2D eigenvalue weighted by atomic mass is 35.5. The van der Waals surface area contributed by atoms with Gasteiger partial charge in [-0.15, -0.1) is 0 Å². The second kappa shape index (κ2) is 15.1. The van der Waals surface area contributed by atoms with Gasteiger partial charge >= 0.3 is 0 Å². The maximum absolute atomic E-state index is 15.1. The highest BCUT2D eigenvalue weighted by Crippen LogP contribution is 2.90. The molecule has 6 saturated carbocycles. The van der Waals surface area contributed by atoms with E-state index in [4.69, 9.17) is 39.4 Å². The third-order valence-electron chi connectivity index (χ3n) is 15.3. The second-order valence-electron chi connectivity index (χ2n) is 19.4. The van der Waals surface area contributed by atoms with E-state index in [1.807, 2.05) is 30.6 Å². The van der Waals surface area contributed by atoms with Gasteiger partial charge in [0.25, 0.3) is 23.8 Å². The average Bonchev–Trinajstić information content (AvgIpc) is 4.06. The van der Waals surface area contributed by atoms with Crippen LogP contribution in [-0.2, 0) is 22.3 Å². The number of hydrogen-bond donors (Lipinski definition) is 2. The van der Waals surface area contributed by atoms with Gasteiger partial charge in [0.15, 0.2) is 23.0 Å². The van der Waals surface area contributed by atoms with E-state index in [0.717, 1.165) is 25.7 Å². The lowest BCUT2D eigenvalue weighted by molar-refractivity contribution is -0.0924. The molecule has 6 aliphatic carbocycles. The van der Waals surface area contributed by atoms with Crippen LogP contribution in [-0.4, -0.2) is 85.1 Å². The summed E-state index contributed by atoms with van der Waals surface area (Å²) in [6.07, 6.45) is 5.39. The minimum Gasteiger partial charge on any atom is -0.489 e. The molecule has 14 nitrogen and oxygen atoms in total. The number of benzene rings is 2.